The van der Waals surface area contributed by atoms with Gasteiger partial charge >= 0.3 is 0 Å². The number of rotatable bonds is 2. The molecule has 3 aromatic rings. The third-order valence-corrected chi connectivity index (χ3v) is 5.51. The Labute approximate surface area is 161 Å². The van der Waals surface area contributed by atoms with Crippen LogP contribution in [-0.4, -0.2) is 28.5 Å². The van der Waals surface area contributed by atoms with Crippen molar-refractivity contribution < 1.29 is 9.18 Å². The van der Waals surface area contributed by atoms with E-state index in [2.05, 4.69) is 11.1 Å². The average molecular weight is 372 g/mol. The summed E-state index contributed by atoms with van der Waals surface area (Å²) < 4.78 is 16.0. The van der Waals surface area contributed by atoms with Gasteiger partial charge < -0.3 is 4.90 Å². The van der Waals surface area contributed by atoms with E-state index in [1.54, 1.807) is 6.07 Å². The maximum absolute atomic E-state index is 14.5. The highest BCUT2D eigenvalue weighted by atomic mass is 19.1. The van der Waals surface area contributed by atoms with Gasteiger partial charge in [0.15, 0.2) is 0 Å². The maximum Gasteiger partial charge on any atom is 0.256 e. The molecule has 138 valence electrons. The first-order valence-electron chi connectivity index (χ1n) is 9.31. The summed E-state index contributed by atoms with van der Waals surface area (Å²) in [6, 6.07) is 14.8. The van der Waals surface area contributed by atoms with E-state index in [0.29, 0.717) is 41.2 Å². The molecule has 0 saturated carbocycles. The van der Waals surface area contributed by atoms with Gasteiger partial charge in [-0.1, -0.05) is 24.3 Å². The summed E-state index contributed by atoms with van der Waals surface area (Å²) in [6.45, 7) is 1.02. The molecule has 1 atom stereocenters. The summed E-state index contributed by atoms with van der Waals surface area (Å²) >= 11 is 0. The molecule has 1 unspecified atom stereocenters. The first-order valence-corrected chi connectivity index (χ1v) is 9.31. The molecule has 28 heavy (non-hydrogen) atoms. The molecule has 0 N–H and O–H groups in total. The van der Waals surface area contributed by atoms with Gasteiger partial charge in [-0.05, 0) is 42.2 Å². The van der Waals surface area contributed by atoms with E-state index in [-0.39, 0.29) is 11.7 Å². The Morgan fingerprint density at radius 1 is 1.21 bits per heavy atom. The first kappa shape index (κ1) is 16.7. The van der Waals surface area contributed by atoms with Crippen molar-refractivity contribution in [3.8, 4) is 6.07 Å². The molecule has 0 fully saturated rings. The van der Waals surface area contributed by atoms with Crippen LogP contribution < -0.4 is 4.90 Å². The van der Waals surface area contributed by atoms with Gasteiger partial charge in [0.25, 0.3) is 5.91 Å². The number of carbonyl (C=O) groups excluding carboxylic acids is 1. The lowest BCUT2D eigenvalue weighted by Gasteiger charge is -2.33. The van der Waals surface area contributed by atoms with Crippen LogP contribution in [0.15, 0.2) is 54.1 Å². The van der Waals surface area contributed by atoms with Crippen LogP contribution in [0.3, 0.4) is 0 Å². The zero-order valence-corrected chi connectivity index (χ0v) is 15.1. The van der Waals surface area contributed by atoms with Gasteiger partial charge in [0.05, 0.1) is 22.8 Å². The minimum atomic E-state index is -0.637. The number of fused-ring (bicyclic) bond motifs is 4. The van der Waals surface area contributed by atoms with E-state index < -0.39 is 5.92 Å². The molecular weight excluding hydrogens is 355 g/mol. The molecule has 1 aromatic heterocycles. The summed E-state index contributed by atoms with van der Waals surface area (Å²) in [5.41, 5.74) is 3.60. The Kier molecular flexibility index (Phi) is 3.76. The summed E-state index contributed by atoms with van der Waals surface area (Å²) in [6.07, 6.45) is 3.26. The van der Waals surface area contributed by atoms with Gasteiger partial charge in [-0.25, -0.2) is 9.37 Å². The molecule has 0 amide bonds. The normalized spacial score (nSPS) is 18.4. The van der Waals surface area contributed by atoms with Gasteiger partial charge in [0, 0.05) is 19.2 Å². The summed E-state index contributed by atoms with van der Waals surface area (Å²) in [5, 5.41) is 9.85. The van der Waals surface area contributed by atoms with Crippen LogP contribution in [0.1, 0.15) is 28.5 Å². The standard InChI is InChI=1S/C22H17FN4O/c23-17-7-3-5-14-6-4-10-26(21(14)17)13-15-11-20(28)27-19-9-2-1-8-18(19)25-22(27)16(15)12-24/h1-3,5,7-9,11,16H,4,6,10,13H2. The number of hydrogen-bond acceptors (Lipinski definition) is 4. The van der Waals surface area contributed by atoms with Gasteiger partial charge in [-0.2, -0.15) is 5.26 Å². The van der Waals surface area contributed by atoms with Crippen LogP contribution in [0.4, 0.5) is 10.1 Å². The van der Waals surface area contributed by atoms with Crippen molar-refractivity contribution in [2.45, 2.75) is 18.8 Å². The van der Waals surface area contributed by atoms with Crippen molar-refractivity contribution in [2.75, 3.05) is 18.0 Å². The summed E-state index contributed by atoms with van der Waals surface area (Å²) in [4.78, 5) is 19.3. The quantitative estimate of drug-likeness (QED) is 0.686. The molecule has 0 spiro atoms. The molecule has 3 heterocycles. The number of aryl methyl sites for hydroxylation is 1. The fraction of sp³-hybridized carbons (Fsp3) is 0.227. The minimum Gasteiger partial charge on any atom is -0.365 e. The molecular formula is C22H17FN4O. The number of benzene rings is 2. The summed E-state index contributed by atoms with van der Waals surface area (Å²) in [7, 11) is 0. The second kappa shape index (κ2) is 6.31. The largest absolute Gasteiger partial charge is 0.365 e. The van der Waals surface area contributed by atoms with Crippen molar-refractivity contribution in [3.05, 3.63) is 71.3 Å². The molecule has 2 aromatic carbocycles. The van der Waals surface area contributed by atoms with Crippen molar-refractivity contribution in [1.82, 2.24) is 9.55 Å². The number of para-hydroxylation sites is 3. The minimum absolute atomic E-state index is 0.212. The van der Waals surface area contributed by atoms with E-state index in [1.807, 2.05) is 35.2 Å². The molecule has 2 aliphatic heterocycles. The highest BCUT2D eigenvalue weighted by molar-refractivity contribution is 5.99. The topological polar surface area (TPSA) is 61.9 Å². The fourth-order valence-electron chi connectivity index (χ4n) is 4.29. The van der Waals surface area contributed by atoms with Crippen molar-refractivity contribution >= 4 is 22.6 Å². The Morgan fingerprint density at radius 2 is 2.07 bits per heavy atom. The second-order valence-corrected chi connectivity index (χ2v) is 7.19. The molecule has 5 rings (SSSR count). The number of imidazole rings is 1. The molecule has 2 aliphatic rings. The average Bonchev–Trinajstić information content (AvgIpc) is 3.08. The van der Waals surface area contributed by atoms with Gasteiger partial charge in [-0.15, -0.1) is 0 Å². The predicted octanol–water partition coefficient (Wildman–Crippen LogP) is 3.82. The lowest BCUT2D eigenvalue weighted by Crippen LogP contribution is -2.35. The van der Waals surface area contributed by atoms with Gasteiger partial charge in [0.1, 0.15) is 17.6 Å². The zero-order chi connectivity index (χ0) is 19.3. The van der Waals surface area contributed by atoms with E-state index in [4.69, 9.17) is 0 Å². The molecule has 6 heteroatoms. The van der Waals surface area contributed by atoms with Crippen molar-refractivity contribution in [2.24, 2.45) is 0 Å². The number of carbonyl (C=O) groups is 1. The number of hydrogen-bond donors (Lipinski definition) is 0. The van der Waals surface area contributed by atoms with Crippen LogP contribution in [0.5, 0.6) is 0 Å². The van der Waals surface area contributed by atoms with E-state index in [0.717, 1.165) is 18.4 Å². The summed E-state index contributed by atoms with van der Waals surface area (Å²) in [5.74, 6) is -0.670. The highest BCUT2D eigenvalue weighted by Crippen LogP contribution is 2.35. The number of allylic oxidation sites excluding steroid dienone is 1. The number of aromatic nitrogens is 2. The molecule has 0 radical (unpaired) electrons. The Bertz CT molecular complexity index is 1190. The Hall–Kier alpha value is -3.46. The van der Waals surface area contributed by atoms with Crippen molar-refractivity contribution in [3.63, 3.8) is 0 Å². The predicted molar refractivity (Wildman–Crippen MR) is 104 cm³/mol. The third kappa shape index (κ3) is 2.43. The fourth-order valence-corrected chi connectivity index (χ4v) is 4.29. The van der Waals surface area contributed by atoms with Crippen LogP contribution in [0, 0.1) is 17.1 Å². The lowest BCUT2D eigenvalue weighted by atomic mass is 9.93. The molecule has 0 aliphatic carbocycles. The monoisotopic (exact) mass is 372 g/mol. The smallest absolute Gasteiger partial charge is 0.256 e. The van der Waals surface area contributed by atoms with Gasteiger partial charge in [0.2, 0.25) is 0 Å². The van der Waals surface area contributed by atoms with E-state index >= 15 is 0 Å². The second-order valence-electron chi connectivity index (χ2n) is 7.19. The molecule has 0 saturated heterocycles. The maximum atomic E-state index is 14.5. The molecule has 0 bridgehead atoms. The number of halogens is 1. The first-order chi connectivity index (χ1) is 13.7. The van der Waals surface area contributed by atoms with Crippen molar-refractivity contribution in [1.29, 1.82) is 5.26 Å². The van der Waals surface area contributed by atoms with Gasteiger partial charge in [-0.3, -0.25) is 9.36 Å². The van der Waals surface area contributed by atoms with Crippen LogP contribution in [0.2, 0.25) is 0 Å². The highest BCUT2D eigenvalue weighted by Gasteiger charge is 2.33. The lowest BCUT2D eigenvalue weighted by molar-refractivity contribution is 0.0964. The third-order valence-electron chi connectivity index (χ3n) is 5.51. The Morgan fingerprint density at radius 3 is 2.93 bits per heavy atom. The number of nitriles is 1. The van der Waals surface area contributed by atoms with Crippen LogP contribution in [-0.2, 0) is 6.42 Å². The number of anilines is 1. The van der Waals surface area contributed by atoms with Crippen LogP contribution in [0.25, 0.3) is 11.0 Å². The van der Waals surface area contributed by atoms with E-state index in [9.17, 15) is 14.4 Å². The van der Waals surface area contributed by atoms with E-state index in [1.165, 1.54) is 16.7 Å². The number of nitrogens with zero attached hydrogens (tertiary/aromatic N) is 4. The zero-order valence-electron chi connectivity index (χ0n) is 15.1. The van der Waals surface area contributed by atoms with Crippen LogP contribution >= 0.6 is 0 Å². The molecule has 5 nitrogen and oxygen atoms in total. The Balaban J connectivity index is 1.56. The SMILES string of the molecule is N#CC1C(CN2CCCc3cccc(F)c32)=CC(=O)n2c1nc1ccccc12.